The van der Waals surface area contributed by atoms with Gasteiger partial charge in [-0.05, 0) is 6.92 Å². The van der Waals surface area contributed by atoms with E-state index >= 15 is 0 Å². The van der Waals surface area contributed by atoms with Gasteiger partial charge in [0.05, 0.1) is 0 Å². The topological polar surface area (TPSA) is 0 Å². The molecular formula is C9H14Al. The minimum absolute atomic E-state index is 0. The summed E-state index contributed by atoms with van der Waals surface area (Å²) in [5.41, 5.74) is 1.36. The molecule has 0 spiro atoms. The van der Waals surface area contributed by atoms with Crippen LogP contribution in [-0.4, -0.2) is 15.2 Å². The fourth-order valence-electron chi connectivity index (χ4n) is 0.938. The summed E-state index contributed by atoms with van der Waals surface area (Å²) in [6, 6.07) is 8.87. The summed E-state index contributed by atoms with van der Waals surface area (Å²) in [6.07, 6.45) is 0. The number of rotatable bonds is 2. The normalized spacial score (nSPS) is 9.40. The van der Waals surface area contributed by atoms with Gasteiger partial charge in [0.25, 0.3) is 0 Å². The maximum atomic E-state index is 2.25. The van der Waals surface area contributed by atoms with Crippen molar-refractivity contribution in [1.29, 1.82) is 0 Å². The van der Waals surface area contributed by atoms with Crippen LogP contribution in [0.5, 0.6) is 0 Å². The van der Waals surface area contributed by atoms with Gasteiger partial charge in [0.1, 0.15) is 0 Å². The third kappa shape index (κ3) is 2.17. The maximum Gasteiger partial charge on any atom is 0.250 e. The van der Waals surface area contributed by atoms with Crippen LogP contribution >= 0.6 is 0 Å². The first-order valence-electron chi connectivity index (χ1n) is 3.73. The molecule has 0 N–H and O–H groups in total. The van der Waals surface area contributed by atoms with Crippen LogP contribution in [0.15, 0.2) is 24.3 Å². The third-order valence-electron chi connectivity index (χ3n) is 1.52. The summed E-state index contributed by atoms with van der Waals surface area (Å²) in [4.78, 5) is 0. The summed E-state index contributed by atoms with van der Waals surface area (Å²) in [5, 5.41) is 1.32. The molecule has 1 radical (unpaired) electrons. The molecule has 0 heterocycles. The van der Waals surface area contributed by atoms with Crippen molar-refractivity contribution in [2.45, 2.75) is 19.1 Å². The Bertz CT molecular complexity index is 193. The van der Waals surface area contributed by atoms with Crippen molar-refractivity contribution in [3.63, 3.8) is 0 Å². The van der Waals surface area contributed by atoms with Crippen molar-refractivity contribution in [1.82, 2.24) is 0 Å². The fourth-order valence-corrected chi connectivity index (χ4v) is 1.87. The Labute approximate surface area is 70.5 Å². The van der Waals surface area contributed by atoms with Gasteiger partial charge in [0, 0.05) is 1.43 Å². The van der Waals surface area contributed by atoms with Gasteiger partial charge in [0.2, 0.25) is 15.2 Å². The van der Waals surface area contributed by atoms with E-state index in [0.717, 1.165) is 0 Å². The molecule has 0 aliphatic heterocycles. The van der Waals surface area contributed by atoms with E-state index in [2.05, 4.69) is 38.1 Å². The Morgan fingerprint density at radius 3 is 2.40 bits per heavy atom. The van der Waals surface area contributed by atoms with E-state index < -0.39 is 0 Å². The van der Waals surface area contributed by atoms with E-state index in [1.54, 1.807) is 0 Å². The summed E-state index contributed by atoms with van der Waals surface area (Å²) in [7, 11) is 0. The number of aryl methyl sites for hydroxylation is 1. The molecule has 0 aromatic heterocycles. The maximum absolute atomic E-state index is 2.25. The van der Waals surface area contributed by atoms with E-state index in [1.165, 1.54) is 15.3 Å². The Morgan fingerprint density at radius 1 is 1.30 bits per heavy atom. The highest BCUT2D eigenvalue weighted by Crippen LogP contribution is 1.92. The van der Waals surface area contributed by atoms with Crippen LogP contribution in [0, 0.1) is 6.92 Å². The predicted octanol–water partition coefficient (Wildman–Crippen LogP) is 2.01. The first-order chi connectivity index (χ1) is 4.83. The SMILES string of the molecule is C[CH2][Al][c]1ccc(C)cc1.[HH]. The summed E-state index contributed by atoms with van der Waals surface area (Å²) in [5.74, 6) is 0. The molecule has 0 saturated heterocycles. The van der Waals surface area contributed by atoms with Crippen molar-refractivity contribution in [2.75, 3.05) is 0 Å². The van der Waals surface area contributed by atoms with Crippen molar-refractivity contribution < 1.29 is 1.43 Å². The molecule has 0 nitrogen and oxygen atoms in total. The Balaban J connectivity index is 0.000001000. The lowest BCUT2D eigenvalue weighted by atomic mass is 10.2. The zero-order valence-electron chi connectivity index (χ0n) is 6.59. The summed E-state index contributed by atoms with van der Waals surface area (Å²) >= 11 is 0.533. The molecule has 0 amide bonds. The van der Waals surface area contributed by atoms with Gasteiger partial charge >= 0.3 is 0 Å². The quantitative estimate of drug-likeness (QED) is 0.564. The van der Waals surface area contributed by atoms with E-state index in [-0.39, 0.29) is 1.43 Å². The number of hydrogen-bond donors (Lipinski definition) is 0. The third-order valence-corrected chi connectivity index (χ3v) is 2.78. The van der Waals surface area contributed by atoms with Gasteiger partial charge in [-0.1, -0.05) is 36.8 Å². The molecule has 0 aliphatic rings. The molecule has 0 aliphatic carbocycles. The molecule has 0 bridgehead atoms. The monoisotopic (exact) mass is 149 g/mol. The molecule has 1 aromatic carbocycles. The molecule has 0 fully saturated rings. The molecule has 1 rings (SSSR count). The van der Waals surface area contributed by atoms with Gasteiger partial charge in [-0.3, -0.25) is 0 Å². The van der Waals surface area contributed by atoms with Crippen LogP contribution in [0.4, 0.5) is 0 Å². The summed E-state index contributed by atoms with van der Waals surface area (Å²) in [6.45, 7) is 4.38. The number of hydrogen-bond acceptors (Lipinski definition) is 0. The van der Waals surface area contributed by atoms with Gasteiger partial charge in [-0.2, -0.15) is 0 Å². The highest BCUT2D eigenvalue weighted by Gasteiger charge is 1.91. The van der Waals surface area contributed by atoms with Crippen LogP contribution in [0.1, 0.15) is 13.9 Å². The van der Waals surface area contributed by atoms with Crippen molar-refractivity contribution in [2.24, 2.45) is 0 Å². The average molecular weight is 149 g/mol. The molecule has 0 atom stereocenters. The Morgan fingerprint density at radius 2 is 1.90 bits per heavy atom. The van der Waals surface area contributed by atoms with Crippen LogP contribution in [0.2, 0.25) is 5.28 Å². The van der Waals surface area contributed by atoms with Gasteiger partial charge in [-0.15, -0.1) is 9.71 Å². The van der Waals surface area contributed by atoms with Gasteiger partial charge < -0.3 is 0 Å². The second kappa shape index (κ2) is 3.81. The van der Waals surface area contributed by atoms with Crippen LogP contribution in [0.25, 0.3) is 0 Å². The first kappa shape index (κ1) is 7.86. The van der Waals surface area contributed by atoms with E-state index in [9.17, 15) is 0 Å². The van der Waals surface area contributed by atoms with Crippen LogP contribution in [0.3, 0.4) is 0 Å². The molecule has 0 saturated carbocycles. The minimum Gasteiger partial charge on any atom is -0.124 e. The van der Waals surface area contributed by atoms with Crippen molar-refractivity contribution >= 4 is 19.6 Å². The lowest BCUT2D eigenvalue weighted by Gasteiger charge is -1.96. The average Bonchev–Trinajstić information content (AvgIpc) is 1.95. The fraction of sp³-hybridized carbons (Fsp3) is 0.333. The smallest absolute Gasteiger partial charge is 0.124 e. The molecular weight excluding hydrogens is 135 g/mol. The zero-order chi connectivity index (χ0) is 7.40. The second-order valence-electron chi connectivity index (χ2n) is 2.52. The molecule has 53 valence electrons. The van der Waals surface area contributed by atoms with E-state index in [0.29, 0.717) is 15.2 Å². The second-order valence-corrected chi connectivity index (χ2v) is 4.41. The van der Waals surface area contributed by atoms with E-state index in [1.807, 2.05) is 0 Å². The standard InChI is InChI=1S/C7H7.C2H5.Al.H2/c1-7-5-3-2-4-6-7;1-2;;/h3-6H,1H3;1H2,2H3;;1H. The van der Waals surface area contributed by atoms with Gasteiger partial charge in [-0.25, -0.2) is 0 Å². The van der Waals surface area contributed by atoms with Crippen molar-refractivity contribution in [3.05, 3.63) is 29.8 Å². The molecule has 0 unspecified atom stereocenters. The minimum atomic E-state index is 0. The van der Waals surface area contributed by atoms with Crippen LogP contribution < -0.4 is 4.43 Å². The Kier molecular flexibility index (Phi) is 2.99. The highest BCUT2D eigenvalue weighted by atomic mass is 27.1. The molecule has 1 heteroatoms. The molecule has 1 aromatic rings. The zero-order valence-corrected chi connectivity index (χ0v) is 7.75. The highest BCUT2D eigenvalue weighted by molar-refractivity contribution is 6.53. The lowest BCUT2D eigenvalue weighted by molar-refractivity contribution is 1.45. The predicted molar refractivity (Wildman–Crippen MR) is 49.2 cm³/mol. The van der Waals surface area contributed by atoms with Gasteiger partial charge in [0.15, 0.2) is 0 Å². The van der Waals surface area contributed by atoms with E-state index in [4.69, 9.17) is 0 Å². The first-order valence-corrected chi connectivity index (χ1v) is 5.12. The number of benzene rings is 1. The Hall–Kier alpha value is -0.248. The largest absolute Gasteiger partial charge is 0.250 e. The molecule has 10 heavy (non-hydrogen) atoms. The lowest BCUT2D eigenvalue weighted by Crippen LogP contribution is -2.11. The van der Waals surface area contributed by atoms with Crippen LogP contribution in [-0.2, 0) is 0 Å². The summed E-state index contributed by atoms with van der Waals surface area (Å²) < 4.78 is 1.54. The van der Waals surface area contributed by atoms with Crippen molar-refractivity contribution in [3.8, 4) is 0 Å².